The Morgan fingerprint density at radius 3 is 2.81 bits per heavy atom. The van der Waals surface area contributed by atoms with Crippen LogP contribution in [0.5, 0.6) is 0 Å². The minimum absolute atomic E-state index is 0.153. The summed E-state index contributed by atoms with van der Waals surface area (Å²) in [5, 5.41) is 3.84. The normalized spacial score (nSPS) is 34.4. The number of nitrogens with one attached hydrogen (secondary N) is 1. The Morgan fingerprint density at radius 1 is 1.38 bits per heavy atom. The summed E-state index contributed by atoms with van der Waals surface area (Å²) in [5.41, 5.74) is 0. The van der Waals surface area contributed by atoms with Crippen LogP contribution in [0.4, 0.5) is 4.79 Å². The Hall–Kier alpha value is -0.420. The highest BCUT2D eigenvalue weighted by molar-refractivity contribution is 8.00. The van der Waals surface area contributed by atoms with Gasteiger partial charge in [0, 0.05) is 42.8 Å². The molecule has 2 bridgehead atoms. The highest BCUT2D eigenvalue weighted by atomic mass is 32.2. The zero-order valence-corrected chi connectivity index (χ0v) is 10.2. The Morgan fingerprint density at radius 2 is 2.19 bits per heavy atom. The van der Waals surface area contributed by atoms with E-state index in [0.717, 1.165) is 38.4 Å². The van der Waals surface area contributed by atoms with Crippen LogP contribution in [0.25, 0.3) is 0 Å². The highest BCUT2D eigenvalue weighted by Gasteiger charge is 2.41. The lowest BCUT2D eigenvalue weighted by Crippen LogP contribution is -2.49. The molecule has 0 aromatic heterocycles. The third kappa shape index (κ3) is 2.02. The second-order valence-corrected chi connectivity index (χ2v) is 6.17. The molecule has 2 amide bonds. The number of hydrogen-bond donors (Lipinski definition) is 1. The third-order valence-electron chi connectivity index (χ3n) is 3.71. The molecule has 90 valence electrons. The number of hydrogen-bond acceptors (Lipinski definition) is 3. The van der Waals surface area contributed by atoms with Crippen molar-refractivity contribution in [3.05, 3.63) is 0 Å². The molecule has 0 aromatic carbocycles. The molecule has 0 unspecified atom stereocenters. The van der Waals surface area contributed by atoms with Gasteiger partial charge in [-0.1, -0.05) is 0 Å². The van der Waals surface area contributed by atoms with Gasteiger partial charge in [-0.05, 0) is 19.3 Å². The monoisotopic (exact) mass is 242 g/mol. The second-order valence-electron chi connectivity index (χ2n) is 4.83. The molecular weight excluding hydrogens is 224 g/mol. The maximum atomic E-state index is 12.1. The molecule has 2 atom stereocenters. The summed E-state index contributed by atoms with van der Waals surface area (Å²) < 4.78 is 5.29. The van der Waals surface area contributed by atoms with E-state index in [9.17, 15) is 4.79 Å². The minimum atomic E-state index is 0.153. The fourth-order valence-electron chi connectivity index (χ4n) is 2.75. The van der Waals surface area contributed by atoms with E-state index in [4.69, 9.17) is 4.74 Å². The van der Waals surface area contributed by atoms with E-state index in [2.05, 4.69) is 5.32 Å². The molecule has 0 aliphatic carbocycles. The van der Waals surface area contributed by atoms with Crippen LogP contribution in [-0.4, -0.2) is 53.8 Å². The quantitative estimate of drug-likeness (QED) is 0.747. The molecule has 16 heavy (non-hydrogen) atoms. The molecule has 3 aliphatic heterocycles. The molecule has 3 fully saturated rings. The predicted molar refractivity (Wildman–Crippen MR) is 63.7 cm³/mol. The van der Waals surface area contributed by atoms with Gasteiger partial charge in [-0.15, -0.1) is 0 Å². The van der Waals surface area contributed by atoms with Gasteiger partial charge < -0.3 is 15.0 Å². The number of nitrogens with zero attached hydrogens (tertiary/aromatic N) is 1. The van der Waals surface area contributed by atoms with Gasteiger partial charge in [-0.2, -0.15) is 11.8 Å². The van der Waals surface area contributed by atoms with Crippen molar-refractivity contribution in [2.75, 3.05) is 25.5 Å². The number of rotatable bonds is 1. The fraction of sp³-hybridized carbons (Fsp3) is 0.909. The van der Waals surface area contributed by atoms with Gasteiger partial charge in [0.15, 0.2) is 0 Å². The van der Waals surface area contributed by atoms with Crippen molar-refractivity contribution >= 4 is 17.8 Å². The SMILES string of the molecule is O=C(NC1CCOCC1)N1C[C@H]2C[C@H]1CS2. The standard InChI is InChI=1S/C11H18N2O2S/c14-11(12-8-1-3-15-4-2-8)13-6-10-5-9(13)7-16-10/h8-10H,1-7H2,(H,12,14)/t9-,10+/m0/s1. The average Bonchev–Trinajstić information content (AvgIpc) is 2.92. The maximum absolute atomic E-state index is 12.1. The average molecular weight is 242 g/mol. The lowest BCUT2D eigenvalue weighted by Gasteiger charge is -2.30. The summed E-state index contributed by atoms with van der Waals surface area (Å²) in [6.45, 7) is 2.52. The summed E-state index contributed by atoms with van der Waals surface area (Å²) in [4.78, 5) is 14.1. The number of amides is 2. The van der Waals surface area contributed by atoms with Crippen molar-refractivity contribution in [2.45, 2.75) is 36.6 Å². The van der Waals surface area contributed by atoms with Gasteiger partial charge in [-0.25, -0.2) is 4.79 Å². The smallest absolute Gasteiger partial charge is 0.317 e. The van der Waals surface area contributed by atoms with Crippen LogP contribution in [0.2, 0.25) is 0 Å². The van der Waals surface area contributed by atoms with Crippen LogP contribution in [-0.2, 0) is 4.74 Å². The van der Waals surface area contributed by atoms with E-state index >= 15 is 0 Å². The van der Waals surface area contributed by atoms with Gasteiger partial charge in [0.2, 0.25) is 0 Å². The van der Waals surface area contributed by atoms with Crippen molar-refractivity contribution in [2.24, 2.45) is 0 Å². The molecule has 0 aromatic rings. The van der Waals surface area contributed by atoms with Crippen LogP contribution < -0.4 is 5.32 Å². The summed E-state index contributed by atoms with van der Waals surface area (Å²) in [7, 11) is 0. The van der Waals surface area contributed by atoms with Gasteiger partial charge in [0.1, 0.15) is 0 Å². The molecule has 4 nitrogen and oxygen atoms in total. The zero-order chi connectivity index (χ0) is 11.0. The first kappa shape index (κ1) is 10.7. The lowest BCUT2D eigenvalue weighted by molar-refractivity contribution is 0.0780. The molecule has 3 heterocycles. The number of ether oxygens (including phenoxy) is 1. The Labute approximate surface area is 100 Å². The third-order valence-corrected chi connectivity index (χ3v) is 5.10. The number of fused-ring (bicyclic) bond motifs is 2. The summed E-state index contributed by atoms with van der Waals surface area (Å²) >= 11 is 2.02. The predicted octanol–water partition coefficient (Wildman–Crippen LogP) is 1.06. The number of carbonyl (C=O) groups is 1. The first-order valence-corrected chi connectivity index (χ1v) is 7.14. The number of urea groups is 1. The van der Waals surface area contributed by atoms with E-state index in [1.807, 2.05) is 16.7 Å². The van der Waals surface area contributed by atoms with Gasteiger partial charge in [-0.3, -0.25) is 0 Å². The van der Waals surface area contributed by atoms with E-state index in [0.29, 0.717) is 17.3 Å². The highest BCUT2D eigenvalue weighted by Crippen LogP contribution is 2.37. The van der Waals surface area contributed by atoms with E-state index in [1.165, 1.54) is 6.42 Å². The van der Waals surface area contributed by atoms with E-state index in [1.54, 1.807) is 0 Å². The molecular formula is C11H18N2O2S. The first-order valence-electron chi connectivity index (χ1n) is 6.09. The van der Waals surface area contributed by atoms with Crippen LogP contribution in [0, 0.1) is 0 Å². The largest absolute Gasteiger partial charge is 0.381 e. The van der Waals surface area contributed by atoms with Crippen LogP contribution in [0.15, 0.2) is 0 Å². The van der Waals surface area contributed by atoms with E-state index < -0.39 is 0 Å². The summed E-state index contributed by atoms with van der Waals surface area (Å²) in [6, 6.07) is 0.975. The van der Waals surface area contributed by atoms with E-state index in [-0.39, 0.29) is 6.03 Å². The lowest BCUT2D eigenvalue weighted by atomic mass is 10.1. The minimum Gasteiger partial charge on any atom is -0.381 e. The number of likely N-dealkylation sites (tertiary alicyclic amines) is 1. The van der Waals surface area contributed by atoms with Crippen molar-refractivity contribution < 1.29 is 9.53 Å². The van der Waals surface area contributed by atoms with Crippen molar-refractivity contribution in [3.63, 3.8) is 0 Å². The van der Waals surface area contributed by atoms with Gasteiger partial charge in [0.05, 0.1) is 0 Å². The summed E-state index contributed by atoms with van der Waals surface area (Å²) in [6.07, 6.45) is 3.12. The zero-order valence-electron chi connectivity index (χ0n) is 9.35. The number of thioether (sulfide) groups is 1. The van der Waals surface area contributed by atoms with Crippen LogP contribution in [0.3, 0.4) is 0 Å². The Kier molecular flexibility index (Phi) is 2.98. The van der Waals surface area contributed by atoms with Crippen molar-refractivity contribution in [1.29, 1.82) is 0 Å². The van der Waals surface area contributed by atoms with Crippen molar-refractivity contribution in [1.82, 2.24) is 10.2 Å². The topological polar surface area (TPSA) is 41.6 Å². The fourth-order valence-corrected chi connectivity index (χ4v) is 4.18. The molecule has 3 rings (SSSR count). The van der Waals surface area contributed by atoms with Crippen LogP contribution >= 0.6 is 11.8 Å². The second kappa shape index (κ2) is 4.45. The molecule has 3 saturated heterocycles. The Bertz CT molecular complexity index is 281. The Balaban J connectivity index is 1.53. The van der Waals surface area contributed by atoms with Gasteiger partial charge >= 0.3 is 6.03 Å². The van der Waals surface area contributed by atoms with Crippen molar-refractivity contribution in [3.8, 4) is 0 Å². The molecule has 0 radical (unpaired) electrons. The molecule has 1 N–H and O–H groups in total. The molecule has 0 spiro atoms. The van der Waals surface area contributed by atoms with Gasteiger partial charge in [0.25, 0.3) is 0 Å². The maximum Gasteiger partial charge on any atom is 0.317 e. The molecule has 5 heteroatoms. The number of carbonyl (C=O) groups excluding carboxylic acids is 1. The van der Waals surface area contributed by atoms with Crippen LogP contribution in [0.1, 0.15) is 19.3 Å². The molecule has 0 saturated carbocycles. The summed E-state index contributed by atoms with van der Waals surface area (Å²) in [5.74, 6) is 1.13. The molecule has 3 aliphatic rings. The first-order chi connectivity index (χ1) is 7.83.